The first-order valence-corrected chi connectivity index (χ1v) is 12.3. The molecular weight excluding hydrogens is 418 g/mol. The Morgan fingerprint density at radius 1 is 1.19 bits per heavy atom. The summed E-state index contributed by atoms with van der Waals surface area (Å²) >= 11 is 1.72. The minimum absolute atomic E-state index is 0.248. The minimum Gasteiger partial charge on any atom is -0.445 e. The summed E-state index contributed by atoms with van der Waals surface area (Å²) in [7, 11) is 0. The lowest BCUT2D eigenvalue weighted by Gasteiger charge is -2.28. The molecular formula is C26H29N3O2S. The first kappa shape index (κ1) is 21.2. The van der Waals surface area contributed by atoms with Crippen LogP contribution in [0.3, 0.4) is 0 Å². The highest BCUT2D eigenvalue weighted by Crippen LogP contribution is 2.33. The van der Waals surface area contributed by atoms with E-state index in [4.69, 9.17) is 9.72 Å². The fraction of sp³-hybridized carbons (Fsp3) is 0.385. The number of ether oxygens (including phenoxy) is 1. The number of aromatic nitrogens is 1. The number of benzene rings is 2. The lowest BCUT2D eigenvalue weighted by Crippen LogP contribution is -2.34. The average Bonchev–Trinajstić information content (AvgIpc) is 3.27. The molecule has 5 nitrogen and oxygen atoms in total. The minimum atomic E-state index is -0.248. The standard InChI is InChI=1S/C26H29N3O2S/c1-18-5-11-22(27-16-18)21-10-12-24-23(15-21)28-25(32-24)20-8-6-19(7-9-20)17-31-26(30)29-13-3-2-4-14-29/h2-3,6-10,12,15,18,22,27H,4-5,11,13-14,16-17H2,1H3/t18-,22?/m0/s1. The van der Waals surface area contributed by atoms with Gasteiger partial charge in [-0.05, 0) is 55.0 Å². The van der Waals surface area contributed by atoms with Crippen molar-refractivity contribution in [3.05, 3.63) is 65.7 Å². The molecule has 2 atom stereocenters. The van der Waals surface area contributed by atoms with Crippen molar-refractivity contribution in [1.82, 2.24) is 15.2 Å². The smallest absolute Gasteiger partial charge is 0.410 e. The predicted octanol–water partition coefficient (Wildman–Crippen LogP) is 5.92. The van der Waals surface area contributed by atoms with Gasteiger partial charge in [0.15, 0.2) is 0 Å². The van der Waals surface area contributed by atoms with Crippen molar-refractivity contribution in [1.29, 1.82) is 0 Å². The van der Waals surface area contributed by atoms with Crippen LogP contribution in [0.2, 0.25) is 0 Å². The number of piperidine rings is 1. The maximum atomic E-state index is 12.2. The summed E-state index contributed by atoms with van der Waals surface area (Å²) in [6, 6.07) is 15.3. The van der Waals surface area contributed by atoms with Gasteiger partial charge in [-0.15, -0.1) is 11.3 Å². The Hall–Kier alpha value is -2.70. The highest BCUT2D eigenvalue weighted by Gasteiger charge is 2.20. The Morgan fingerprint density at radius 2 is 2.06 bits per heavy atom. The van der Waals surface area contributed by atoms with Crippen molar-refractivity contribution in [3.8, 4) is 10.6 Å². The van der Waals surface area contributed by atoms with E-state index in [1.165, 1.54) is 23.1 Å². The summed E-state index contributed by atoms with van der Waals surface area (Å²) in [5, 5.41) is 4.69. The van der Waals surface area contributed by atoms with Crippen LogP contribution in [0, 0.1) is 5.92 Å². The normalized spacial score (nSPS) is 21.1. The Labute approximate surface area is 193 Å². The van der Waals surface area contributed by atoms with Gasteiger partial charge >= 0.3 is 6.09 Å². The molecule has 0 aliphatic carbocycles. The number of carbonyl (C=O) groups is 1. The lowest BCUT2D eigenvalue weighted by molar-refractivity contribution is 0.0994. The molecule has 0 saturated carbocycles. The Balaban J connectivity index is 1.24. The third kappa shape index (κ3) is 4.71. The quantitative estimate of drug-likeness (QED) is 0.504. The third-order valence-electron chi connectivity index (χ3n) is 6.35. The van der Waals surface area contributed by atoms with Crippen molar-refractivity contribution < 1.29 is 9.53 Å². The van der Waals surface area contributed by atoms with Crippen molar-refractivity contribution >= 4 is 27.6 Å². The van der Waals surface area contributed by atoms with E-state index < -0.39 is 0 Å². The number of nitrogens with one attached hydrogen (secondary N) is 1. The van der Waals surface area contributed by atoms with Crippen LogP contribution in [0.5, 0.6) is 0 Å². The summed E-state index contributed by atoms with van der Waals surface area (Å²) in [4.78, 5) is 18.8. The number of amides is 1. The van der Waals surface area contributed by atoms with Crippen LogP contribution in [-0.2, 0) is 11.3 Å². The molecule has 2 aliphatic heterocycles. The van der Waals surface area contributed by atoms with Crippen LogP contribution >= 0.6 is 11.3 Å². The van der Waals surface area contributed by atoms with E-state index in [1.807, 2.05) is 18.2 Å². The van der Waals surface area contributed by atoms with Gasteiger partial charge in [-0.3, -0.25) is 0 Å². The molecule has 6 heteroatoms. The molecule has 0 radical (unpaired) electrons. The Kier molecular flexibility index (Phi) is 6.23. The largest absolute Gasteiger partial charge is 0.445 e. The summed E-state index contributed by atoms with van der Waals surface area (Å²) in [6.07, 6.45) is 7.20. The van der Waals surface area contributed by atoms with Gasteiger partial charge in [-0.25, -0.2) is 9.78 Å². The molecule has 5 rings (SSSR count). The maximum absolute atomic E-state index is 12.2. The average molecular weight is 448 g/mol. The van der Waals surface area contributed by atoms with E-state index in [0.29, 0.717) is 12.6 Å². The van der Waals surface area contributed by atoms with Crippen molar-refractivity contribution in [3.63, 3.8) is 0 Å². The van der Waals surface area contributed by atoms with Gasteiger partial charge < -0.3 is 15.0 Å². The summed E-state index contributed by atoms with van der Waals surface area (Å²) in [6.45, 7) is 5.04. The molecule has 1 aromatic heterocycles. The van der Waals surface area contributed by atoms with Gasteiger partial charge in [-0.1, -0.05) is 49.4 Å². The van der Waals surface area contributed by atoms with E-state index in [0.717, 1.165) is 47.1 Å². The zero-order chi connectivity index (χ0) is 21.9. The predicted molar refractivity (Wildman–Crippen MR) is 130 cm³/mol. The number of thiazole rings is 1. The van der Waals surface area contributed by atoms with E-state index >= 15 is 0 Å². The zero-order valence-electron chi connectivity index (χ0n) is 18.4. The first-order valence-electron chi connectivity index (χ1n) is 11.5. The van der Waals surface area contributed by atoms with E-state index in [9.17, 15) is 4.79 Å². The van der Waals surface area contributed by atoms with E-state index in [-0.39, 0.29) is 12.7 Å². The second kappa shape index (κ2) is 9.43. The molecule has 1 amide bonds. The van der Waals surface area contributed by atoms with Crippen LogP contribution in [0.4, 0.5) is 4.79 Å². The fourth-order valence-electron chi connectivity index (χ4n) is 4.35. The molecule has 166 valence electrons. The highest BCUT2D eigenvalue weighted by atomic mass is 32.1. The van der Waals surface area contributed by atoms with Crippen LogP contribution in [0.25, 0.3) is 20.8 Å². The second-order valence-electron chi connectivity index (χ2n) is 8.85. The summed E-state index contributed by atoms with van der Waals surface area (Å²) < 4.78 is 6.68. The fourth-order valence-corrected chi connectivity index (χ4v) is 5.31. The monoisotopic (exact) mass is 447 g/mol. The molecule has 3 aromatic rings. The van der Waals surface area contributed by atoms with Crippen LogP contribution in [0.15, 0.2) is 54.6 Å². The molecule has 2 aromatic carbocycles. The number of hydrogen-bond donors (Lipinski definition) is 1. The second-order valence-corrected chi connectivity index (χ2v) is 9.88. The van der Waals surface area contributed by atoms with Crippen LogP contribution < -0.4 is 5.32 Å². The molecule has 1 N–H and O–H groups in total. The third-order valence-corrected chi connectivity index (χ3v) is 7.44. The lowest BCUT2D eigenvalue weighted by atomic mass is 9.92. The number of rotatable bonds is 4. The molecule has 1 saturated heterocycles. The van der Waals surface area contributed by atoms with Crippen molar-refractivity contribution in [2.24, 2.45) is 5.92 Å². The van der Waals surface area contributed by atoms with Crippen LogP contribution in [-0.4, -0.2) is 35.6 Å². The number of carbonyl (C=O) groups excluding carboxylic acids is 1. The van der Waals surface area contributed by atoms with Crippen molar-refractivity contribution in [2.75, 3.05) is 19.6 Å². The molecule has 32 heavy (non-hydrogen) atoms. The summed E-state index contributed by atoms with van der Waals surface area (Å²) in [5.41, 5.74) is 4.48. The highest BCUT2D eigenvalue weighted by molar-refractivity contribution is 7.21. The van der Waals surface area contributed by atoms with E-state index in [1.54, 1.807) is 16.2 Å². The van der Waals surface area contributed by atoms with Gasteiger partial charge in [-0.2, -0.15) is 0 Å². The van der Waals surface area contributed by atoms with Crippen LogP contribution in [0.1, 0.15) is 43.4 Å². The topological polar surface area (TPSA) is 54.5 Å². The van der Waals surface area contributed by atoms with Gasteiger partial charge in [0.25, 0.3) is 0 Å². The molecule has 0 spiro atoms. The number of hydrogen-bond acceptors (Lipinski definition) is 5. The van der Waals surface area contributed by atoms with Crippen molar-refractivity contribution in [2.45, 2.75) is 38.8 Å². The molecule has 1 fully saturated rings. The zero-order valence-corrected chi connectivity index (χ0v) is 19.2. The summed E-state index contributed by atoms with van der Waals surface area (Å²) in [5.74, 6) is 0.759. The van der Waals surface area contributed by atoms with E-state index in [2.05, 4.69) is 48.6 Å². The van der Waals surface area contributed by atoms with Gasteiger partial charge in [0.1, 0.15) is 11.6 Å². The Bertz CT molecular complexity index is 1110. The maximum Gasteiger partial charge on any atom is 0.410 e. The van der Waals surface area contributed by atoms with Gasteiger partial charge in [0.05, 0.1) is 10.2 Å². The SMILES string of the molecule is C[C@H]1CCC(c2ccc3sc(-c4ccc(COC(=O)N5CC=CCC5)cc4)nc3c2)NC1. The molecule has 3 heterocycles. The van der Waals surface area contributed by atoms with Gasteiger partial charge in [0, 0.05) is 24.7 Å². The first-order chi connectivity index (χ1) is 15.7. The number of nitrogens with zero attached hydrogens (tertiary/aromatic N) is 2. The molecule has 2 aliphatic rings. The Morgan fingerprint density at radius 3 is 2.81 bits per heavy atom. The molecule has 1 unspecified atom stereocenters. The van der Waals surface area contributed by atoms with Gasteiger partial charge in [0.2, 0.25) is 0 Å². The number of fused-ring (bicyclic) bond motifs is 1. The molecule has 0 bridgehead atoms.